The predicted octanol–water partition coefficient (Wildman–Crippen LogP) is 1.69. The van der Waals surface area contributed by atoms with Gasteiger partial charge in [0.15, 0.2) is 0 Å². The van der Waals surface area contributed by atoms with Crippen molar-refractivity contribution in [2.45, 2.75) is 19.9 Å². The third-order valence-electron chi connectivity index (χ3n) is 0.577. The molecule has 3 heteroatoms. The largest absolute Gasteiger partial charge is 0.332 e. The van der Waals surface area contributed by atoms with Crippen molar-refractivity contribution in [3.63, 3.8) is 0 Å². The van der Waals surface area contributed by atoms with E-state index in [-0.39, 0.29) is 0 Å². The number of nitrogens with one attached hydrogen (secondary N) is 1. The molecule has 0 aromatic heterocycles. The molecule has 0 aromatic rings. The lowest BCUT2D eigenvalue weighted by atomic mass is 10.4. The summed E-state index contributed by atoms with van der Waals surface area (Å²) in [6.07, 6.45) is 0. The van der Waals surface area contributed by atoms with Gasteiger partial charge in [-0.05, 0) is 7.05 Å². The Hall–Kier alpha value is 0.0600. The summed E-state index contributed by atoms with van der Waals surface area (Å²) in [5.74, 6) is 0. The zero-order valence-corrected chi connectivity index (χ0v) is 7.83. The SMILES string of the molecule is CNC(C)C.C[P+](C)=O. The Kier molecular flexibility index (Phi) is 10.6. The zero-order valence-electron chi connectivity index (χ0n) is 6.93. The van der Waals surface area contributed by atoms with Crippen LogP contribution >= 0.6 is 7.80 Å². The molecule has 0 aliphatic rings. The summed E-state index contributed by atoms with van der Waals surface area (Å²) >= 11 is 0. The maximum absolute atomic E-state index is 9.59. The summed E-state index contributed by atoms with van der Waals surface area (Å²) in [5, 5.41) is 3.03. The monoisotopic (exact) mass is 150 g/mol. The fourth-order valence-corrected chi connectivity index (χ4v) is 0. The van der Waals surface area contributed by atoms with Crippen molar-refractivity contribution in [2.24, 2.45) is 0 Å². The fraction of sp³-hybridized carbons (Fsp3) is 1.00. The minimum Gasteiger partial charge on any atom is -0.318 e. The molecule has 0 atom stereocenters. The summed E-state index contributed by atoms with van der Waals surface area (Å²) in [6.45, 7) is 7.57. The Morgan fingerprint density at radius 2 is 1.44 bits per heavy atom. The first-order valence-corrected chi connectivity index (χ1v) is 5.17. The van der Waals surface area contributed by atoms with Crippen LogP contribution in [0.3, 0.4) is 0 Å². The molecule has 0 rings (SSSR count). The van der Waals surface area contributed by atoms with Crippen LogP contribution in [0.25, 0.3) is 0 Å². The van der Waals surface area contributed by atoms with Gasteiger partial charge in [0.1, 0.15) is 13.3 Å². The molecule has 0 amide bonds. The van der Waals surface area contributed by atoms with Gasteiger partial charge in [-0.25, -0.2) is 0 Å². The van der Waals surface area contributed by atoms with Crippen molar-refractivity contribution in [2.75, 3.05) is 20.4 Å². The van der Waals surface area contributed by atoms with Crippen LogP contribution in [-0.2, 0) is 4.57 Å². The second kappa shape index (κ2) is 8.06. The topological polar surface area (TPSA) is 29.1 Å². The van der Waals surface area contributed by atoms with Crippen LogP contribution in [0.1, 0.15) is 13.8 Å². The van der Waals surface area contributed by atoms with E-state index in [4.69, 9.17) is 0 Å². The van der Waals surface area contributed by atoms with Crippen molar-refractivity contribution in [3.8, 4) is 0 Å². The summed E-state index contributed by atoms with van der Waals surface area (Å²) < 4.78 is 9.59. The van der Waals surface area contributed by atoms with Crippen LogP contribution in [-0.4, -0.2) is 26.4 Å². The Morgan fingerprint density at radius 3 is 1.44 bits per heavy atom. The van der Waals surface area contributed by atoms with E-state index in [9.17, 15) is 4.57 Å². The smallest absolute Gasteiger partial charge is 0.318 e. The normalized spacial score (nSPS) is 8.22. The van der Waals surface area contributed by atoms with Gasteiger partial charge in [-0.15, -0.1) is 0 Å². The second-order valence-corrected chi connectivity index (χ2v) is 3.88. The standard InChI is InChI=1S/C4H11N.C2H6OP/c1-4(2)5-3;1-4(2)3/h4-5H,1-3H3;1-2H3/q;+1. The minimum atomic E-state index is -0.870. The first-order valence-electron chi connectivity index (χ1n) is 3.02. The van der Waals surface area contributed by atoms with Crippen molar-refractivity contribution in [1.82, 2.24) is 5.32 Å². The van der Waals surface area contributed by atoms with E-state index in [2.05, 4.69) is 19.2 Å². The maximum Gasteiger partial charge on any atom is 0.332 e. The molecule has 0 aliphatic carbocycles. The highest BCUT2D eigenvalue weighted by atomic mass is 31.1. The Bertz CT molecular complexity index is 69.5. The molecule has 0 saturated heterocycles. The highest BCUT2D eigenvalue weighted by molar-refractivity contribution is 7.42. The third kappa shape index (κ3) is 69.8. The van der Waals surface area contributed by atoms with Crippen LogP contribution in [0.4, 0.5) is 0 Å². The minimum absolute atomic E-state index is 0.634. The molecule has 0 radical (unpaired) electrons. The van der Waals surface area contributed by atoms with Gasteiger partial charge in [-0.1, -0.05) is 18.4 Å². The van der Waals surface area contributed by atoms with Gasteiger partial charge in [-0.2, -0.15) is 0 Å². The maximum atomic E-state index is 9.59. The average molecular weight is 150 g/mol. The van der Waals surface area contributed by atoms with E-state index in [1.807, 2.05) is 7.05 Å². The van der Waals surface area contributed by atoms with Gasteiger partial charge < -0.3 is 5.32 Å². The number of hydrogen-bond acceptors (Lipinski definition) is 2. The van der Waals surface area contributed by atoms with E-state index >= 15 is 0 Å². The van der Waals surface area contributed by atoms with Gasteiger partial charge in [-0.3, -0.25) is 0 Å². The van der Waals surface area contributed by atoms with Crippen molar-refractivity contribution >= 4 is 7.80 Å². The van der Waals surface area contributed by atoms with E-state index < -0.39 is 7.80 Å². The molecule has 9 heavy (non-hydrogen) atoms. The van der Waals surface area contributed by atoms with Crippen LogP contribution in [0.5, 0.6) is 0 Å². The van der Waals surface area contributed by atoms with Crippen LogP contribution in [0, 0.1) is 0 Å². The highest BCUT2D eigenvalue weighted by Gasteiger charge is 1.80. The molecule has 0 saturated carbocycles. The van der Waals surface area contributed by atoms with Gasteiger partial charge in [0.2, 0.25) is 0 Å². The number of hydrogen-bond donors (Lipinski definition) is 1. The quantitative estimate of drug-likeness (QED) is 0.576. The lowest BCUT2D eigenvalue weighted by Gasteiger charge is -1.95. The van der Waals surface area contributed by atoms with Gasteiger partial charge in [0.05, 0.1) is 0 Å². The van der Waals surface area contributed by atoms with Gasteiger partial charge >= 0.3 is 7.80 Å². The van der Waals surface area contributed by atoms with Crippen LogP contribution < -0.4 is 5.32 Å². The molecule has 0 bridgehead atoms. The van der Waals surface area contributed by atoms with E-state index in [1.54, 1.807) is 13.3 Å². The summed E-state index contributed by atoms with van der Waals surface area (Å²) in [6, 6.07) is 0.634. The van der Waals surface area contributed by atoms with E-state index in [0.717, 1.165) is 0 Å². The lowest BCUT2D eigenvalue weighted by molar-refractivity contribution is 0.594. The first-order chi connectivity index (χ1) is 4.00. The first kappa shape index (κ1) is 11.8. The lowest BCUT2D eigenvalue weighted by Crippen LogP contribution is -2.15. The second-order valence-electron chi connectivity index (χ2n) is 2.26. The molecule has 0 unspecified atom stereocenters. The summed E-state index contributed by atoms with van der Waals surface area (Å²) in [5.41, 5.74) is 0. The molecule has 0 fully saturated rings. The molecule has 0 heterocycles. The predicted molar refractivity (Wildman–Crippen MR) is 43.7 cm³/mol. The molecular formula is C6H17NOP+. The Balaban J connectivity index is 0. The molecule has 0 spiro atoms. The molecule has 56 valence electrons. The summed E-state index contributed by atoms with van der Waals surface area (Å²) in [7, 11) is 1.08. The molecule has 0 aromatic carbocycles. The third-order valence-corrected chi connectivity index (χ3v) is 0.577. The van der Waals surface area contributed by atoms with E-state index in [1.165, 1.54) is 0 Å². The Labute approximate surface area is 58.8 Å². The molecular weight excluding hydrogens is 133 g/mol. The number of rotatable bonds is 1. The van der Waals surface area contributed by atoms with Crippen molar-refractivity contribution < 1.29 is 4.57 Å². The van der Waals surface area contributed by atoms with Crippen molar-refractivity contribution in [3.05, 3.63) is 0 Å². The van der Waals surface area contributed by atoms with E-state index in [0.29, 0.717) is 6.04 Å². The average Bonchev–Trinajstić information content (AvgIpc) is 1.65. The molecule has 2 nitrogen and oxygen atoms in total. The van der Waals surface area contributed by atoms with Gasteiger partial charge in [0, 0.05) is 6.04 Å². The molecule has 0 aliphatic heterocycles. The highest BCUT2D eigenvalue weighted by Crippen LogP contribution is 2.00. The zero-order chi connectivity index (χ0) is 7.86. The Morgan fingerprint density at radius 1 is 1.33 bits per heavy atom. The van der Waals surface area contributed by atoms with Crippen LogP contribution in [0.15, 0.2) is 0 Å². The van der Waals surface area contributed by atoms with Crippen LogP contribution in [0.2, 0.25) is 0 Å². The summed E-state index contributed by atoms with van der Waals surface area (Å²) in [4.78, 5) is 0. The van der Waals surface area contributed by atoms with Gasteiger partial charge in [0.25, 0.3) is 0 Å². The van der Waals surface area contributed by atoms with Crippen molar-refractivity contribution in [1.29, 1.82) is 0 Å². The fourth-order valence-electron chi connectivity index (χ4n) is 0. The molecule has 1 N–H and O–H groups in total.